The molecule has 0 bridgehead atoms. The van der Waals surface area contributed by atoms with E-state index in [-0.39, 0.29) is 11.7 Å². The lowest BCUT2D eigenvalue weighted by atomic mass is 10.2. The number of benzene rings is 3. The fourth-order valence-electron chi connectivity index (χ4n) is 3.29. The number of amides is 1. The van der Waals surface area contributed by atoms with Crippen molar-refractivity contribution in [3.05, 3.63) is 93.7 Å². The predicted molar refractivity (Wildman–Crippen MR) is 140 cm³/mol. The highest BCUT2D eigenvalue weighted by Crippen LogP contribution is 2.31. The second kappa shape index (κ2) is 11.1. The zero-order valence-corrected chi connectivity index (χ0v) is 21.7. The van der Waals surface area contributed by atoms with Gasteiger partial charge in [0.1, 0.15) is 5.75 Å². The third-order valence-electron chi connectivity index (χ3n) is 4.95. The molecule has 34 heavy (non-hydrogen) atoms. The first-order valence-corrected chi connectivity index (χ1v) is 12.7. The van der Waals surface area contributed by atoms with Crippen LogP contribution in [0.25, 0.3) is 5.69 Å². The van der Waals surface area contributed by atoms with E-state index < -0.39 is 6.10 Å². The van der Waals surface area contributed by atoms with E-state index in [1.54, 1.807) is 6.07 Å². The van der Waals surface area contributed by atoms with Crippen molar-refractivity contribution in [1.29, 1.82) is 0 Å². The fourth-order valence-corrected chi connectivity index (χ4v) is 4.48. The molecule has 0 spiro atoms. The summed E-state index contributed by atoms with van der Waals surface area (Å²) in [5, 5.41) is 12.8. The van der Waals surface area contributed by atoms with E-state index in [2.05, 4.69) is 31.4 Å². The highest BCUT2D eigenvalue weighted by molar-refractivity contribution is 9.10. The van der Waals surface area contributed by atoms with Crippen molar-refractivity contribution in [2.45, 2.75) is 25.1 Å². The monoisotopic (exact) mass is 556 g/mol. The lowest BCUT2D eigenvalue weighted by Crippen LogP contribution is -2.15. The predicted octanol–water partition coefficient (Wildman–Crippen LogP) is 6.86. The highest BCUT2D eigenvalue weighted by atomic mass is 79.9. The molecule has 1 heterocycles. The summed E-state index contributed by atoms with van der Waals surface area (Å²) in [7, 11) is 0. The zero-order valence-electron chi connectivity index (χ0n) is 18.5. The van der Waals surface area contributed by atoms with Crippen molar-refractivity contribution in [2.75, 3.05) is 11.1 Å². The normalized spacial score (nSPS) is 11.8. The first kappa shape index (κ1) is 24.3. The van der Waals surface area contributed by atoms with Crippen LogP contribution in [-0.4, -0.2) is 26.4 Å². The number of nitrogens with zero attached hydrogens (tertiary/aromatic N) is 3. The summed E-state index contributed by atoms with van der Waals surface area (Å²) >= 11 is 11.1. The number of aryl methyl sites for hydroxylation is 1. The molecule has 0 aliphatic carbocycles. The second-order valence-electron chi connectivity index (χ2n) is 7.50. The molecule has 0 aliphatic rings. The van der Waals surface area contributed by atoms with Crippen LogP contribution in [0.15, 0.2) is 82.4 Å². The topological polar surface area (TPSA) is 69.0 Å². The molecule has 3 aromatic carbocycles. The van der Waals surface area contributed by atoms with E-state index in [0.29, 0.717) is 21.8 Å². The molecule has 1 unspecified atom stereocenters. The van der Waals surface area contributed by atoms with E-state index in [1.807, 2.05) is 85.1 Å². The average molecular weight is 558 g/mol. The largest absolute Gasteiger partial charge is 0.481 e. The Morgan fingerprint density at radius 1 is 1.12 bits per heavy atom. The van der Waals surface area contributed by atoms with Crippen LogP contribution in [0.5, 0.6) is 5.75 Å². The minimum Gasteiger partial charge on any atom is -0.481 e. The third-order valence-corrected chi connectivity index (χ3v) is 7.08. The van der Waals surface area contributed by atoms with Gasteiger partial charge in [0.25, 0.3) is 0 Å². The standard InChI is InChI=1S/C25H22BrClN4O2S/c1-16-14-18(12-13-20(16)26)28-23(32)15-34-25-30-29-24(31(25)19-8-4-3-5-9-19)17(2)33-22-11-7-6-10-21(22)27/h3-14,17H,15H2,1-2H3,(H,28,32). The van der Waals surface area contributed by atoms with E-state index in [9.17, 15) is 4.79 Å². The Morgan fingerprint density at radius 2 is 1.85 bits per heavy atom. The quantitative estimate of drug-likeness (QED) is 0.240. The fraction of sp³-hybridized carbons (Fsp3) is 0.160. The Hall–Kier alpha value is -2.81. The van der Waals surface area contributed by atoms with Gasteiger partial charge in [0, 0.05) is 15.8 Å². The number of thioether (sulfide) groups is 1. The second-order valence-corrected chi connectivity index (χ2v) is 9.71. The Kier molecular flexibility index (Phi) is 7.92. The molecule has 1 atom stereocenters. The van der Waals surface area contributed by atoms with Crippen LogP contribution in [0.1, 0.15) is 24.4 Å². The van der Waals surface area contributed by atoms with Gasteiger partial charge < -0.3 is 10.1 Å². The van der Waals surface area contributed by atoms with Crippen LogP contribution in [-0.2, 0) is 4.79 Å². The van der Waals surface area contributed by atoms with Crippen molar-refractivity contribution >= 4 is 50.9 Å². The number of ether oxygens (including phenoxy) is 1. The van der Waals surface area contributed by atoms with E-state index in [0.717, 1.165) is 21.4 Å². The number of para-hydroxylation sites is 2. The summed E-state index contributed by atoms with van der Waals surface area (Å²) in [5.74, 6) is 1.23. The Labute approximate surface area is 215 Å². The summed E-state index contributed by atoms with van der Waals surface area (Å²) in [6.07, 6.45) is -0.429. The molecule has 0 radical (unpaired) electrons. The zero-order chi connectivity index (χ0) is 24.1. The molecule has 0 saturated heterocycles. The Bertz CT molecular complexity index is 1300. The molecule has 6 nitrogen and oxygen atoms in total. The molecule has 0 aliphatic heterocycles. The summed E-state index contributed by atoms with van der Waals surface area (Å²) in [6, 6.07) is 22.7. The minimum atomic E-state index is -0.429. The lowest BCUT2D eigenvalue weighted by Gasteiger charge is -2.17. The lowest BCUT2D eigenvalue weighted by molar-refractivity contribution is -0.113. The molecular formula is C25H22BrClN4O2S. The molecule has 1 N–H and O–H groups in total. The van der Waals surface area contributed by atoms with Gasteiger partial charge in [-0.15, -0.1) is 10.2 Å². The number of hydrogen-bond acceptors (Lipinski definition) is 5. The molecule has 1 aromatic heterocycles. The number of aromatic nitrogens is 3. The van der Waals surface area contributed by atoms with Gasteiger partial charge in [-0.1, -0.05) is 69.6 Å². The number of hydrogen-bond donors (Lipinski definition) is 1. The van der Waals surface area contributed by atoms with E-state index >= 15 is 0 Å². The number of halogens is 2. The smallest absolute Gasteiger partial charge is 0.234 e. The van der Waals surface area contributed by atoms with Gasteiger partial charge in [-0.2, -0.15) is 0 Å². The SMILES string of the molecule is Cc1cc(NC(=O)CSc2nnc(C(C)Oc3ccccc3Cl)n2-c2ccccc2)ccc1Br. The molecule has 0 fully saturated rings. The molecule has 9 heteroatoms. The van der Waals surface area contributed by atoms with Crippen LogP contribution in [0, 0.1) is 6.92 Å². The maximum Gasteiger partial charge on any atom is 0.234 e. The first-order chi connectivity index (χ1) is 16.4. The molecule has 0 saturated carbocycles. The molecule has 1 amide bonds. The van der Waals surface area contributed by atoms with Gasteiger partial charge in [0.15, 0.2) is 17.1 Å². The maximum absolute atomic E-state index is 12.6. The Balaban J connectivity index is 1.54. The summed E-state index contributed by atoms with van der Waals surface area (Å²) in [6.45, 7) is 3.87. The van der Waals surface area contributed by atoms with Gasteiger partial charge in [0.2, 0.25) is 5.91 Å². The minimum absolute atomic E-state index is 0.128. The maximum atomic E-state index is 12.6. The van der Waals surface area contributed by atoms with Crippen molar-refractivity contribution in [3.63, 3.8) is 0 Å². The molecular weight excluding hydrogens is 536 g/mol. The van der Waals surface area contributed by atoms with Crippen molar-refractivity contribution in [3.8, 4) is 11.4 Å². The summed E-state index contributed by atoms with van der Waals surface area (Å²) in [4.78, 5) is 12.6. The van der Waals surface area contributed by atoms with E-state index in [1.165, 1.54) is 11.8 Å². The van der Waals surface area contributed by atoms with Crippen LogP contribution in [0.4, 0.5) is 5.69 Å². The van der Waals surface area contributed by atoms with Gasteiger partial charge in [-0.05, 0) is 61.9 Å². The van der Waals surface area contributed by atoms with Crippen LogP contribution >= 0.6 is 39.3 Å². The van der Waals surface area contributed by atoms with Gasteiger partial charge in [0.05, 0.1) is 10.8 Å². The average Bonchev–Trinajstić information content (AvgIpc) is 3.26. The molecule has 4 aromatic rings. The van der Waals surface area contributed by atoms with Gasteiger partial charge >= 0.3 is 0 Å². The number of rotatable bonds is 8. The molecule has 174 valence electrons. The van der Waals surface area contributed by atoms with E-state index in [4.69, 9.17) is 16.3 Å². The summed E-state index contributed by atoms with van der Waals surface area (Å²) < 4.78 is 8.99. The van der Waals surface area contributed by atoms with Crippen LogP contribution in [0.3, 0.4) is 0 Å². The number of carbonyl (C=O) groups excluding carboxylic acids is 1. The van der Waals surface area contributed by atoms with Crippen molar-refractivity contribution in [2.24, 2.45) is 0 Å². The highest BCUT2D eigenvalue weighted by Gasteiger charge is 2.22. The summed E-state index contributed by atoms with van der Waals surface area (Å²) in [5.41, 5.74) is 2.67. The molecule has 4 rings (SSSR count). The van der Waals surface area contributed by atoms with Crippen LogP contribution in [0.2, 0.25) is 5.02 Å². The van der Waals surface area contributed by atoms with Crippen molar-refractivity contribution in [1.82, 2.24) is 14.8 Å². The van der Waals surface area contributed by atoms with Crippen LogP contribution < -0.4 is 10.1 Å². The number of anilines is 1. The third kappa shape index (κ3) is 5.81. The van der Waals surface area contributed by atoms with Gasteiger partial charge in [-0.3, -0.25) is 9.36 Å². The van der Waals surface area contributed by atoms with Gasteiger partial charge in [-0.25, -0.2) is 0 Å². The van der Waals surface area contributed by atoms with Crippen molar-refractivity contribution < 1.29 is 9.53 Å². The first-order valence-electron chi connectivity index (χ1n) is 10.5. The Morgan fingerprint density at radius 3 is 2.59 bits per heavy atom. The number of nitrogens with one attached hydrogen (secondary N) is 1. The number of carbonyl (C=O) groups is 1.